The molecule has 1 atom stereocenters. The Morgan fingerprint density at radius 3 is 2.32 bits per heavy atom. The number of hydrogen-bond acceptors (Lipinski definition) is 7. The number of nitrogens with one attached hydrogen (secondary N) is 3. The van der Waals surface area contributed by atoms with Crippen LogP contribution in [-0.2, 0) is 20.9 Å². The molecule has 1 heterocycles. The molecule has 0 saturated heterocycles. The third-order valence-corrected chi connectivity index (χ3v) is 5.95. The van der Waals surface area contributed by atoms with Crippen molar-refractivity contribution in [3.63, 3.8) is 0 Å². The number of carbonyl (C=O) groups is 3. The van der Waals surface area contributed by atoms with E-state index in [-0.39, 0.29) is 24.9 Å². The lowest BCUT2D eigenvalue weighted by atomic mass is 9.95. The number of aromatic amines is 1. The van der Waals surface area contributed by atoms with Gasteiger partial charge in [0.15, 0.2) is 5.82 Å². The third-order valence-electron chi connectivity index (χ3n) is 5.95. The zero-order valence-corrected chi connectivity index (χ0v) is 21.3. The molecule has 196 valence electrons. The molecule has 0 fully saturated rings. The Kier molecular flexibility index (Phi) is 9.84. The van der Waals surface area contributed by atoms with E-state index in [0.29, 0.717) is 25.2 Å². The van der Waals surface area contributed by atoms with E-state index in [1.54, 1.807) is 17.3 Å². The molecule has 3 rings (SSSR count). The van der Waals surface area contributed by atoms with Gasteiger partial charge in [-0.3, -0.25) is 19.6 Å². The lowest BCUT2D eigenvalue weighted by Crippen LogP contribution is -2.44. The molecular formula is C26H33N7O4. The summed E-state index contributed by atoms with van der Waals surface area (Å²) in [6.07, 6.45) is 0.631. The molecule has 11 heteroatoms. The first-order chi connectivity index (χ1) is 17.8. The predicted octanol–water partition coefficient (Wildman–Crippen LogP) is 2.56. The Morgan fingerprint density at radius 2 is 1.73 bits per heavy atom. The molecule has 1 aromatic heterocycles. The smallest absolute Gasteiger partial charge is 0.255 e. The molecule has 0 saturated carbocycles. The SMILES string of the molecule is CCC(=O)N(CCNC(=O)C(CC(C)C)C(=O)NO)Cc1ccc(-c2ccccc2-c2nnn[nH]2)cc1. The number of carbonyl (C=O) groups excluding carboxylic acids is 3. The number of nitrogens with zero attached hydrogens (tertiary/aromatic N) is 4. The summed E-state index contributed by atoms with van der Waals surface area (Å²) < 4.78 is 0. The highest BCUT2D eigenvalue weighted by molar-refractivity contribution is 5.99. The molecule has 4 N–H and O–H groups in total. The zero-order chi connectivity index (χ0) is 26.8. The third kappa shape index (κ3) is 7.43. The van der Waals surface area contributed by atoms with Gasteiger partial charge in [-0.1, -0.05) is 69.3 Å². The van der Waals surface area contributed by atoms with E-state index in [2.05, 4.69) is 25.9 Å². The number of H-pyrrole nitrogens is 1. The summed E-state index contributed by atoms with van der Waals surface area (Å²) in [6, 6.07) is 15.7. The van der Waals surface area contributed by atoms with Gasteiger partial charge >= 0.3 is 0 Å². The molecule has 2 aromatic carbocycles. The molecule has 11 nitrogen and oxygen atoms in total. The van der Waals surface area contributed by atoms with Crippen LogP contribution in [0.1, 0.15) is 39.2 Å². The van der Waals surface area contributed by atoms with Gasteiger partial charge in [0.05, 0.1) is 0 Å². The first-order valence-corrected chi connectivity index (χ1v) is 12.3. The zero-order valence-electron chi connectivity index (χ0n) is 21.3. The summed E-state index contributed by atoms with van der Waals surface area (Å²) >= 11 is 0. The van der Waals surface area contributed by atoms with Crippen molar-refractivity contribution in [2.24, 2.45) is 11.8 Å². The number of hydrogen-bond donors (Lipinski definition) is 4. The molecule has 37 heavy (non-hydrogen) atoms. The van der Waals surface area contributed by atoms with Crippen molar-refractivity contribution < 1.29 is 19.6 Å². The van der Waals surface area contributed by atoms with Crippen LogP contribution in [0.3, 0.4) is 0 Å². The standard InChI is InChI=1S/C26H33N7O4/c1-4-23(34)33(14-13-27-25(35)22(15-17(2)3)26(36)30-37)16-18-9-11-19(12-10-18)20-7-5-6-8-21(20)24-28-31-32-29-24/h5-12,17,22,37H,4,13-16H2,1-3H3,(H,27,35)(H,30,36)(H,28,29,31,32). The van der Waals surface area contributed by atoms with Crippen molar-refractivity contribution in [3.05, 3.63) is 54.1 Å². The lowest BCUT2D eigenvalue weighted by molar-refractivity contribution is -0.141. The van der Waals surface area contributed by atoms with E-state index in [9.17, 15) is 14.4 Å². The fourth-order valence-electron chi connectivity index (χ4n) is 4.06. The number of amides is 3. The van der Waals surface area contributed by atoms with Crippen molar-refractivity contribution in [1.82, 2.24) is 36.3 Å². The van der Waals surface area contributed by atoms with Crippen LogP contribution in [0.25, 0.3) is 22.5 Å². The average Bonchev–Trinajstić information content (AvgIpc) is 3.45. The van der Waals surface area contributed by atoms with Crippen molar-refractivity contribution in [3.8, 4) is 22.5 Å². The van der Waals surface area contributed by atoms with Gasteiger partial charge < -0.3 is 10.2 Å². The van der Waals surface area contributed by atoms with Gasteiger partial charge in [0.2, 0.25) is 11.8 Å². The number of aromatic nitrogens is 4. The van der Waals surface area contributed by atoms with Crippen LogP contribution in [0, 0.1) is 11.8 Å². The van der Waals surface area contributed by atoms with E-state index in [1.165, 1.54) is 0 Å². The maximum Gasteiger partial charge on any atom is 0.255 e. The number of rotatable bonds is 12. The predicted molar refractivity (Wildman–Crippen MR) is 137 cm³/mol. The molecule has 3 aromatic rings. The van der Waals surface area contributed by atoms with E-state index in [0.717, 1.165) is 22.3 Å². The molecule has 3 amide bonds. The molecule has 0 spiro atoms. The maximum atomic E-state index is 12.6. The Labute approximate surface area is 215 Å². The summed E-state index contributed by atoms with van der Waals surface area (Å²) in [7, 11) is 0. The number of hydroxylamine groups is 1. The van der Waals surface area contributed by atoms with Crippen molar-refractivity contribution >= 4 is 17.7 Å². The fourth-order valence-corrected chi connectivity index (χ4v) is 4.06. The number of benzene rings is 2. The van der Waals surface area contributed by atoms with Crippen LogP contribution in [0.15, 0.2) is 48.5 Å². The van der Waals surface area contributed by atoms with Gasteiger partial charge in [0.25, 0.3) is 5.91 Å². The van der Waals surface area contributed by atoms with Crippen LogP contribution in [0.5, 0.6) is 0 Å². The summed E-state index contributed by atoms with van der Waals surface area (Å²) in [6.45, 7) is 6.43. The molecular weight excluding hydrogens is 474 g/mol. The van der Waals surface area contributed by atoms with Crippen molar-refractivity contribution in [1.29, 1.82) is 0 Å². The van der Waals surface area contributed by atoms with Crippen LogP contribution in [-0.4, -0.2) is 61.5 Å². The molecule has 1 unspecified atom stereocenters. The summed E-state index contributed by atoms with van der Waals surface area (Å²) in [5.41, 5.74) is 5.33. The molecule has 0 aliphatic rings. The average molecular weight is 508 g/mol. The van der Waals surface area contributed by atoms with Crippen molar-refractivity contribution in [2.75, 3.05) is 13.1 Å². The fraction of sp³-hybridized carbons (Fsp3) is 0.385. The van der Waals surface area contributed by atoms with E-state index in [4.69, 9.17) is 5.21 Å². The monoisotopic (exact) mass is 507 g/mol. The molecule has 0 aliphatic heterocycles. The van der Waals surface area contributed by atoms with E-state index in [1.807, 2.05) is 62.4 Å². The van der Waals surface area contributed by atoms with Gasteiger partial charge in [0.1, 0.15) is 5.92 Å². The van der Waals surface area contributed by atoms with Crippen LogP contribution in [0.2, 0.25) is 0 Å². The Balaban J connectivity index is 1.66. The highest BCUT2D eigenvalue weighted by Crippen LogP contribution is 2.29. The van der Waals surface area contributed by atoms with Gasteiger partial charge in [-0.2, -0.15) is 0 Å². The number of tetrazole rings is 1. The second-order valence-electron chi connectivity index (χ2n) is 9.11. The molecule has 0 aliphatic carbocycles. The highest BCUT2D eigenvalue weighted by Gasteiger charge is 2.27. The second-order valence-corrected chi connectivity index (χ2v) is 9.11. The van der Waals surface area contributed by atoms with Gasteiger partial charge in [-0.15, -0.1) is 5.10 Å². The maximum absolute atomic E-state index is 12.6. The normalized spacial score (nSPS) is 11.7. The quantitative estimate of drug-likeness (QED) is 0.167. The summed E-state index contributed by atoms with van der Waals surface area (Å²) in [4.78, 5) is 38.7. The summed E-state index contributed by atoms with van der Waals surface area (Å²) in [5, 5.41) is 25.8. The second kappa shape index (κ2) is 13.3. The van der Waals surface area contributed by atoms with Crippen LogP contribution < -0.4 is 10.8 Å². The largest absolute Gasteiger partial charge is 0.354 e. The Bertz CT molecular complexity index is 1180. The molecule has 0 bridgehead atoms. The topological polar surface area (TPSA) is 153 Å². The first kappa shape index (κ1) is 27.5. The highest BCUT2D eigenvalue weighted by atomic mass is 16.5. The van der Waals surface area contributed by atoms with Crippen LogP contribution >= 0.6 is 0 Å². The van der Waals surface area contributed by atoms with Crippen LogP contribution in [0.4, 0.5) is 0 Å². The van der Waals surface area contributed by atoms with E-state index >= 15 is 0 Å². The van der Waals surface area contributed by atoms with Crippen molar-refractivity contribution in [2.45, 2.75) is 40.2 Å². The molecule has 0 radical (unpaired) electrons. The Morgan fingerprint density at radius 1 is 1.03 bits per heavy atom. The van der Waals surface area contributed by atoms with Gasteiger partial charge in [0, 0.05) is 31.6 Å². The minimum Gasteiger partial charge on any atom is -0.354 e. The van der Waals surface area contributed by atoms with E-state index < -0.39 is 17.7 Å². The van der Waals surface area contributed by atoms with Gasteiger partial charge in [-0.05, 0) is 39.5 Å². The minimum absolute atomic E-state index is 0.0478. The Hall–Kier alpha value is -4.12. The minimum atomic E-state index is -0.997. The van der Waals surface area contributed by atoms with Gasteiger partial charge in [-0.25, -0.2) is 10.6 Å². The first-order valence-electron chi connectivity index (χ1n) is 12.3. The summed E-state index contributed by atoms with van der Waals surface area (Å²) in [5.74, 6) is -1.60. The lowest BCUT2D eigenvalue weighted by Gasteiger charge is -2.24.